The number of hydrogen-bond acceptors (Lipinski definition) is 5. The minimum absolute atomic E-state index is 0.134. The number of nitrogens with two attached hydrogens (primary N) is 2. The Bertz CT molecular complexity index is 830. The predicted molar refractivity (Wildman–Crippen MR) is 121 cm³/mol. The molecule has 1 saturated heterocycles. The molecule has 1 unspecified atom stereocenters. The molecule has 1 fully saturated rings. The van der Waals surface area contributed by atoms with Crippen molar-refractivity contribution in [1.82, 2.24) is 15.2 Å². The fourth-order valence-corrected chi connectivity index (χ4v) is 4.08. The summed E-state index contributed by atoms with van der Waals surface area (Å²) in [7, 11) is 0. The number of carbonyl (C=O) groups excluding carboxylic acids is 2. The van der Waals surface area contributed by atoms with Gasteiger partial charge in [-0.2, -0.15) is 0 Å². The SMILES string of the molecule is NCCCC[C@H](N)C(=O)N1CCC[C@H]1C(=O)NC(Cc1ccccn1)c1ccccc1. The topological polar surface area (TPSA) is 114 Å². The number of amides is 2. The third-order valence-corrected chi connectivity index (χ3v) is 5.78. The van der Waals surface area contributed by atoms with Crippen molar-refractivity contribution in [2.24, 2.45) is 11.5 Å². The van der Waals surface area contributed by atoms with Gasteiger partial charge >= 0.3 is 0 Å². The van der Waals surface area contributed by atoms with Crippen molar-refractivity contribution >= 4 is 11.8 Å². The van der Waals surface area contributed by atoms with Crippen LogP contribution < -0.4 is 16.8 Å². The average Bonchev–Trinajstić information content (AvgIpc) is 3.29. The number of nitrogens with one attached hydrogen (secondary N) is 1. The quantitative estimate of drug-likeness (QED) is 0.505. The fraction of sp³-hybridized carbons (Fsp3) is 0.458. The van der Waals surface area contributed by atoms with E-state index >= 15 is 0 Å². The molecule has 1 aromatic carbocycles. The van der Waals surface area contributed by atoms with Crippen LogP contribution in [0, 0.1) is 0 Å². The van der Waals surface area contributed by atoms with Crippen LogP contribution in [0.1, 0.15) is 49.4 Å². The first-order chi connectivity index (χ1) is 15.1. The van der Waals surface area contributed by atoms with Gasteiger partial charge < -0.3 is 21.7 Å². The maximum absolute atomic E-state index is 13.2. The second-order valence-corrected chi connectivity index (χ2v) is 8.08. The number of aromatic nitrogens is 1. The predicted octanol–water partition coefficient (Wildman–Crippen LogP) is 1.93. The fourth-order valence-electron chi connectivity index (χ4n) is 4.08. The van der Waals surface area contributed by atoms with Crippen LogP contribution in [-0.2, 0) is 16.0 Å². The number of unbranched alkanes of at least 4 members (excludes halogenated alkanes) is 1. The monoisotopic (exact) mass is 423 g/mol. The molecule has 2 amide bonds. The summed E-state index contributed by atoms with van der Waals surface area (Å²) in [6, 6.07) is 14.3. The van der Waals surface area contributed by atoms with Crippen LogP contribution in [0.15, 0.2) is 54.7 Å². The first kappa shape index (κ1) is 22.9. The summed E-state index contributed by atoms with van der Waals surface area (Å²) < 4.78 is 0. The molecule has 3 rings (SSSR count). The lowest BCUT2D eigenvalue weighted by Gasteiger charge is -2.28. The summed E-state index contributed by atoms with van der Waals surface area (Å²) in [5, 5.41) is 3.17. The van der Waals surface area contributed by atoms with Crippen LogP contribution in [0.4, 0.5) is 0 Å². The van der Waals surface area contributed by atoms with E-state index in [2.05, 4.69) is 10.3 Å². The van der Waals surface area contributed by atoms with Crippen molar-refractivity contribution in [3.8, 4) is 0 Å². The minimum Gasteiger partial charge on any atom is -0.347 e. The van der Waals surface area contributed by atoms with Crippen molar-refractivity contribution < 1.29 is 9.59 Å². The standard InChI is InChI=1S/C24H33N5O2/c25-14-6-4-12-20(26)24(31)29-16-8-13-22(29)23(30)28-21(18-9-2-1-3-10-18)17-19-11-5-7-15-27-19/h1-3,5,7,9-11,15,20-22H,4,6,8,12-14,16-17,25-26H2,(H,28,30)/t20-,21?,22-/m0/s1. The van der Waals surface area contributed by atoms with E-state index in [9.17, 15) is 9.59 Å². The highest BCUT2D eigenvalue weighted by molar-refractivity contribution is 5.90. The van der Waals surface area contributed by atoms with Crippen molar-refractivity contribution in [3.63, 3.8) is 0 Å². The average molecular weight is 424 g/mol. The first-order valence-corrected chi connectivity index (χ1v) is 11.1. The lowest BCUT2D eigenvalue weighted by molar-refractivity contribution is -0.139. The van der Waals surface area contributed by atoms with Crippen LogP contribution in [0.5, 0.6) is 0 Å². The maximum Gasteiger partial charge on any atom is 0.243 e. The molecule has 7 nitrogen and oxygen atoms in total. The van der Waals surface area contributed by atoms with Gasteiger partial charge in [0.25, 0.3) is 0 Å². The number of rotatable bonds is 10. The molecular weight excluding hydrogens is 390 g/mol. The Balaban J connectivity index is 1.69. The molecule has 2 aromatic rings. The zero-order valence-corrected chi connectivity index (χ0v) is 18.0. The number of carbonyl (C=O) groups is 2. The third-order valence-electron chi connectivity index (χ3n) is 5.78. The molecule has 1 aromatic heterocycles. The van der Waals surface area contributed by atoms with Crippen molar-refractivity contribution in [3.05, 3.63) is 66.0 Å². The Labute approximate surface area is 184 Å². The zero-order valence-electron chi connectivity index (χ0n) is 18.0. The van der Waals surface area contributed by atoms with Gasteiger partial charge in [0.2, 0.25) is 11.8 Å². The summed E-state index contributed by atoms with van der Waals surface area (Å²) in [6.07, 6.45) is 6.03. The maximum atomic E-state index is 13.2. The molecule has 0 radical (unpaired) electrons. The summed E-state index contributed by atoms with van der Waals surface area (Å²) in [5.74, 6) is -0.277. The lowest BCUT2D eigenvalue weighted by Crippen LogP contribution is -2.51. The van der Waals surface area contributed by atoms with Gasteiger partial charge in [0.15, 0.2) is 0 Å². The number of likely N-dealkylation sites (tertiary alicyclic amines) is 1. The van der Waals surface area contributed by atoms with Crippen molar-refractivity contribution in [2.75, 3.05) is 13.1 Å². The molecule has 1 aliphatic rings. The van der Waals surface area contributed by atoms with Crippen LogP contribution in [0.3, 0.4) is 0 Å². The second kappa shape index (κ2) is 11.6. The van der Waals surface area contributed by atoms with E-state index in [1.54, 1.807) is 11.1 Å². The first-order valence-electron chi connectivity index (χ1n) is 11.1. The summed E-state index contributed by atoms with van der Waals surface area (Å²) in [4.78, 5) is 32.2. The van der Waals surface area contributed by atoms with Gasteiger partial charge in [-0.3, -0.25) is 14.6 Å². The number of pyridine rings is 1. The van der Waals surface area contributed by atoms with Crippen LogP contribution in [0.25, 0.3) is 0 Å². The van der Waals surface area contributed by atoms with Gasteiger partial charge in [0.1, 0.15) is 6.04 Å². The molecule has 7 heteroatoms. The number of hydrogen-bond donors (Lipinski definition) is 3. The van der Waals surface area contributed by atoms with Gasteiger partial charge in [0, 0.05) is 24.9 Å². The van der Waals surface area contributed by atoms with E-state index < -0.39 is 12.1 Å². The molecule has 0 saturated carbocycles. The Morgan fingerprint density at radius 1 is 1.13 bits per heavy atom. The smallest absolute Gasteiger partial charge is 0.243 e. The van der Waals surface area contributed by atoms with Crippen LogP contribution >= 0.6 is 0 Å². The van der Waals surface area contributed by atoms with E-state index in [-0.39, 0.29) is 17.9 Å². The molecule has 2 heterocycles. The van der Waals surface area contributed by atoms with Gasteiger partial charge in [0.05, 0.1) is 12.1 Å². The molecule has 3 atom stereocenters. The highest BCUT2D eigenvalue weighted by Gasteiger charge is 2.36. The lowest BCUT2D eigenvalue weighted by atomic mass is 10.0. The summed E-state index contributed by atoms with van der Waals surface area (Å²) in [5.41, 5.74) is 13.6. The molecular formula is C24H33N5O2. The molecule has 0 spiro atoms. The van der Waals surface area contributed by atoms with Gasteiger partial charge in [-0.1, -0.05) is 42.8 Å². The second-order valence-electron chi connectivity index (χ2n) is 8.08. The number of nitrogens with zero attached hydrogens (tertiary/aromatic N) is 2. The summed E-state index contributed by atoms with van der Waals surface area (Å²) in [6.45, 7) is 1.16. The Morgan fingerprint density at radius 3 is 2.61 bits per heavy atom. The largest absolute Gasteiger partial charge is 0.347 e. The van der Waals surface area contributed by atoms with Crippen LogP contribution in [0.2, 0.25) is 0 Å². The van der Waals surface area contributed by atoms with Gasteiger partial charge in [-0.05, 0) is 49.9 Å². The zero-order chi connectivity index (χ0) is 22.1. The minimum atomic E-state index is -0.585. The normalized spacial score (nSPS) is 17.9. The van der Waals surface area contributed by atoms with Crippen molar-refractivity contribution in [2.45, 2.75) is 56.7 Å². The van der Waals surface area contributed by atoms with Gasteiger partial charge in [-0.25, -0.2) is 0 Å². The van der Waals surface area contributed by atoms with Gasteiger partial charge in [-0.15, -0.1) is 0 Å². The molecule has 1 aliphatic heterocycles. The van der Waals surface area contributed by atoms with Crippen molar-refractivity contribution in [1.29, 1.82) is 0 Å². The molecule has 0 bridgehead atoms. The summed E-state index contributed by atoms with van der Waals surface area (Å²) >= 11 is 0. The Hall–Kier alpha value is -2.77. The van der Waals surface area contributed by atoms with E-state index in [0.29, 0.717) is 32.4 Å². The van der Waals surface area contributed by atoms with E-state index in [0.717, 1.165) is 30.5 Å². The molecule has 31 heavy (non-hydrogen) atoms. The Morgan fingerprint density at radius 2 is 1.90 bits per heavy atom. The molecule has 166 valence electrons. The van der Waals surface area contributed by atoms with Crippen LogP contribution in [-0.4, -0.2) is 46.9 Å². The van der Waals surface area contributed by atoms with E-state index in [1.165, 1.54) is 0 Å². The van der Waals surface area contributed by atoms with E-state index in [1.807, 2.05) is 48.5 Å². The molecule has 0 aliphatic carbocycles. The van der Waals surface area contributed by atoms with E-state index in [4.69, 9.17) is 11.5 Å². The number of benzene rings is 1. The highest BCUT2D eigenvalue weighted by atomic mass is 16.2. The highest BCUT2D eigenvalue weighted by Crippen LogP contribution is 2.22. The molecule has 5 N–H and O–H groups in total. The Kier molecular flexibility index (Phi) is 8.55. The third kappa shape index (κ3) is 6.35.